The molecule has 0 heterocycles. The molecule has 105 heavy (non-hydrogen) atoms. The first kappa shape index (κ1) is 103. The predicted molar refractivity (Wildman–Crippen MR) is 432 cm³/mol. The molecular formula is C86H168O17P2. The number of unbranched alkanes of at least 4 members (excludes halogenated alkanes) is 55. The second-order valence-corrected chi connectivity index (χ2v) is 34.8. The Morgan fingerprint density at radius 1 is 0.257 bits per heavy atom. The lowest BCUT2D eigenvalue weighted by Crippen LogP contribution is -2.30. The molecule has 0 amide bonds. The quantitative estimate of drug-likeness (QED) is 0.0222. The smallest absolute Gasteiger partial charge is 0.462 e. The van der Waals surface area contributed by atoms with Crippen molar-refractivity contribution in [3.63, 3.8) is 0 Å². The van der Waals surface area contributed by atoms with Crippen LogP contribution in [0.15, 0.2) is 0 Å². The van der Waals surface area contributed by atoms with Crippen LogP contribution in [0.5, 0.6) is 0 Å². The molecule has 17 nitrogen and oxygen atoms in total. The lowest BCUT2D eigenvalue weighted by molar-refractivity contribution is -0.161. The molecule has 0 fully saturated rings. The fourth-order valence-corrected chi connectivity index (χ4v) is 15.0. The largest absolute Gasteiger partial charge is 0.472 e. The van der Waals surface area contributed by atoms with Gasteiger partial charge in [-0.15, -0.1) is 0 Å². The molecule has 5 atom stereocenters. The van der Waals surface area contributed by atoms with Gasteiger partial charge in [0.25, 0.3) is 0 Å². The van der Waals surface area contributed by atoms with Crippen molar-refractivity contribution in [2.24, 2.45) is 11.8 Å². The molecule has 0 saturated carbocycles. The Morgan fingerprint density at radius 3 is 0.648 bits per heavy atom. The Bertz CT molecular complexity index is 2010. The van der Waals surface area contributed by atoms with E-state index < -0.39 is 97.5 Å². The SMILES string of the molecule is CCCCCCCCCCCCCCCCCCCCCC(=O)O[C@H](COC(=O)CCCCCCCCCCCCCCCCCC(C)C)COP(=O)(O)OC[C@@H](O)COP(=O)(O)OC[C@@H](COC(=O)CCCCCCCCCCCCCCC)OC(=O)CCCCCCCCCCCCCCC(C)C. The van der Waals surface area contributed by atoms with E-state index in [0.717, 1.165) is 102 Å². The lowest BCUT2D eigenvalue weighted by Gasteiger charge is -2.21. The maximum atomic E-state index is 13.1. The molecular weight excluding hydrogens is 1370 g/mol. The molecule has 0 aliphatic carbocycles. The minimum absolute atomic E-state index is 0.108. The summed E-state index contributed by atoms with van der Waals surface area (Å²) < 4.78 is 68.9. The van der Waals surface area contributed by atoms with Crippen molar-refractivity contribution >= 4 is 39.5 Å². The molecule has 624 valence electrons. The summed E-state index contributed by atoms with van der Waals surface area (Å²) in [4.78, 5) is 73.3. The van der Waals surface area contributed by atoms with Gasteiger partial charge in [0.1, 0.15) is 19.3 Å². The number of aliphatic hydroxyl groups is 1. The molecule has 0 aromatic carbocycles. The summed E-state index contributed by atoms with van der Waals surface area (Å²) in [5.74, 6) is -0.516. The van der Waals surface area contributed by atoms with Gasteiger partial charge in [-0.25, -0.2) is 9.13 Å². The van der Waals surface area contributed by atoms with Gasteiger partial charge in [0.2, 0.25) is 0 Å². The molecule has 0 aromatic heterocycles. The Morgan fingerprint density at radius 2 is 0.438 bits per heavy atom. The zero-order valence-electron chi connectivity index (χ0n) is 69.0. The zero-order valence-corrected chi connectivity index (χ0v) is 70.8. The van der Waals surface area contributed by atoms with E-state index in [2.05, 4.69) is 41.5 Å². The van der Waals surface area contributed by atoms with Crippen LogP contribution in [0.1, 0.15) is 459 Å². The average Bonchev–Trinajstić information content (AvgIpc) is 0.938. The number of phosphoric acid groups is 2. The van der Waals surface area contributed by atoms with Crippen LogP contribution < -0.4 is 0 Å². The number of hydrogen-bond acceptors (Lipinski definition) is 15. The van der Waals surface area contributed by atoms with Gasteiger partial charge in [-0.2, -0.15) is 0 Å². The Kier molecular flexibility index (Phi) is 76.0. The van der Waals surface area contributed by atoms with Crippen LogP contribution in [-0.2, 0) is 65.4 Å². The standard InChI is InChI=1S/C86H168O17P2/c1-7-9-11-13-15-17-19-21-22-23-24-25-28-33-40-46-52-58-64-70-85(90)102-81(75-97-84(89)69-63-57-51-45-39-32-29-26-27-31-36-42-48-54-60-66-78(3)4)76-100-104(92,93)98-72-80(87)73-99-105(94,95)101-77-82(74-96-83(88)68-62-56-50-44-38-30-20-18-16-14-12-10-8-2)103-86(91)71-65-59-53-47-41-35-34-37-43-49-55-61-67-79(5)6/h78-82,87H,7-77H2,1-6H3,(H,92,93)(H,94,95)/t80-,81-,82-/m1/s1. The number of rotatable bonds is 85. The van der Waals surface area contributed by atoms with Crippen molar-refractivity contribution in [1.82, 2.24) is 0 Å². The number of hydrogen-bond donors (Lipinski definition) is 3. The summed E-state index contributed by atoms with van der Waals surface area (Å²) in [5.41, 5.74) is 0. The maximum Gasteiger partial charge on any atom is 0.472 e. The molecule has 0 aliphatic heterocycles. The molecule has 0 spiro atoms. The normalized spacial score (nSPS) is 13.8. The molecule has 19 heteroatoms. The summed E-state index contributed by atoms with van der Waals surface area (Å²) in [6.45, 7) is 9.72. The highest BCUT2D eigenvalue weighted by molar-refractivity contribution is 7.47. The van der Waals surface area contributed by atoms with E-state index in [-0.39, 0.29) is 25.7 Å². The second kappa shape index (κ2) is 77.4. The first-order chi connectivity index (χ1) is 50.9. The van der Waals surface area contributed by atoms with Gasteiger partial charge in [0, 0.05) is 25.7 Å². The van der Waals surface area contributed by atoms with E-state index in [4.69, 9.17) is 37.0 Å². The highest BCUT2D eigenvalue weighted by Crippen LogP contribution is 2.45. The molecule has 0 aliphatic rings. The first-order valence-electron chi connectivity index (χ1n) is 44.5. The van der Waals surface area contributed by atoms with Gasteiger partial charge in [-0.3, -0.25) is 37.3 Å². The van der Waals surface area contributed by atoms with Crippen molar-refractivity contribution in [2.75, 3.05) is 39.6 Å². The third-order valence-corrected chi connectivity index (χ3v) is 22.1. The van der Waals surface area contributed by atoms with Crippen molar-refractivity contribution < 1.29 is 80.2 Å². The van der Waals surface area contributed by atoms with Crippen LogP contribution >= 0.6 is 15.6 Å². The van der Waals surface area contributed by atoms with E-state index in [1.165, 1.54) is 276 Å². The van der Waals surface area contributed by atoms with Crippen LogP contribution in [0.4, 0.5) is 0 Å². The van der Waals surface area contributed by atoms with Crippen molar-refractivity contribution in [1.29, 1.82) is 0 Å². The number of phosphoric ester groups is 2. The fraction of sp³-hybridized carbons (Fsp3) is 0.953. The van der Waals surface area contributed by atoms with E-state index in [0.29, 0.717) is 25.7 Å². The van der Waals surface area contributed by atoms with Gasteiger partial charge in [0.15, 0.2) is 12.2 Å². The predicted octanol–water partition coefficient (Wildman–Crippen LogP) is 26.2. The minimum Gasteiger partial charge on any atom is -0.462 e. The fourth-order valence-electron chi connectivity index (χ4n) is 13.4. The van der Waals surface area contributed by atoms with Gasteiger partial charge < -0.3 is 33.8 Å². The van der Waals surface area contributed by atoms with E-state index >= 15 is 0 Å². The summed E-state index contributed by atoms with van der Waals surface area (Å²) in [7, 11) is -9.93. The van der Waals surface area contributed by atoms with Gasteiger partial charge >= 0.3 is 39.5 Å². The average molecular weight is 1540 g/mol. The third kappa shape index (κ3) is 79.9. The van der Waals surface area contributed by atoms with Crippen LogP contribution in [0, 0.1) is 11.8 Å². The topological polar surface area (TPSA) is 237 Å². The van der Waals surface area contributed by atoms with Gasteiger partial charge in [-0.1, -0.05) is 408 Å². The van der Waals surface area contributed by atoms with E-state index in [1.807, 2.05) is 0 Å². The van der Waals surface area contributed by atoms with Gasteiger partial charge in [0.05, 0.1) is 26.4 Å². The number of ether oxygens (including phenoxy) is 4. The molecule has 2 unspecified atom stereocenters. The van der Waals surface area contributed by atoms with Crippen molar-refractivity contribution in [3.8, 4) is 0 Å². The van der Waals surface area contributed by atoms with Crippen molar-refractivity contribution in [2.45, 2.75) is 477 Å². The molecule has 0 aromatic rings. The summed E-state index contributed by atoms with van der Waals surface area (Å²) in [6.07, 6.45) is 69.3. The molecule has 0 bridgehead atoms. The highest BCUT2D eigenvalue weighted by atomic mass is 31.2. The first-order valence-corrected chi connectivity index (χ1v) is 47.5. The molecule has 0 radical (unpaired) electrons. The number of aliphatic hydroxyl groups excluding tert-OH is 1. The van der Waals surface area contributed by atoms with E-state index in [9.17, 15) is 43.2 Å². The zero-order chi connectivity index (χ0) is 77.1. The minimum atomic E-state index is -4.97. The van der Waals surface area contributed by atoms with E-state index in [1.54, 1.807) is 0 Å². The number of esters is 4. The van der Waals surface area contributed by atoms with Gasteiger partial charge in [-0.05, 0) is 37.5 Å². The number of carbonyl (C=O) groups excluding carboxylic acids is 4. The Hall–Kier alpha value is -1.94. The molecule has 3 N–H and O–H groups in total. The van der Waals surface area contributed by atoms with Crippen LogP contribution in [0.2, 0.25) is 0 Å². The van der Waals surface area contributed by atoms with Crippen LogP contribution in [0.25, 0.3) is 0 Å². The van der Waals surface area contributed by atoms with Crippen molar-refractivity contribution in [3.05, 3.63) is 0 Å². The second-order valence-electron chi connectivity index (χ2n) is 31.9. The molecule has 0 rings (SSSR count). The molecule has 0 saturated heterocycles. The summed E-state index contributed by atoms with van der Waals surface area (Å²) in [6, 6.07) is 0. The Labute approximate surface area is 645 Å². The summed E-state index contributed by atoms with van der Waals surface area (Å²) >= 11 is 0. The van der Waals surface area contributed by atoms with Crippen LogP contribution in [-0.4, -0.2) is 96.7 Å². The lowest BCUT2D eigenvalue weighted by atomic mass is 10.0. The monoisotopic (exact) mass is 1540 g/mol. The third-order valence-electron chi connectivity index (χ3n) is 20.2. The maximum absolute atomic E-state index is 13.1. The Balaban J connectivity index is 5.26. The number of carbonyl (C=O) groups is 4. The summed E-state index contributed by atoms with van der Waals surface area (Å²) in [5, 5.41) is 10.7. The highest BCUT2D eigenvalue weighted by Gasteiger charge is 2.30. The van der Waals surface area contributed by atoms with Crippen LogP contribution in [0.3, 0.4) is 0 Å².